The molecule has 0 saturated heterocycles. The Hall–Kier alpha value is -1.96. The van der Waals surface area contributed by atoms with Gasteiger partial charge in [-0.1, -0.05) is 26.0 Å². The van der Waals surface area contributed by atoms with Crippen LogP contribution in [0, 0.1) is 10.6 Å². The lowest BCUT2D eigenvalue weighted by molar-refractivity contribution is 0.0699. The maximum Gasteiger partial charge on any atom is 0.336 e. The van der Waals surface area contributed by atoms with Crippen molar-refractivity contribution in [3.63, 3.8) is 0 Å². The van der Waals surface area contributed by atoms with E-state index in [9.17, 15) is 9.90 Å². The first kappa shape index (κ1) is 15.9. The smallest absolute Gasteiger partial charge is 0.336 e. The molecule has 6 heteroatoms. The van der Waals surface area contributed by atoms with Crippen LogP contribution in [-0.2, 0) is 0 Å². The SMILES string of the molecule is Cc1cccc(-n2nc(C(C)C)c3c(C(=O)O)cc(I)nc32)c1. The third-order valence-electron chi connectivity index (χ3n) is 3.66. The van der Waals surface area contributed by atoms with Gasteiger partial charge in [0.1, 0.15) is 3.70 Å². The molecule has 2 heterocycles. The van der Waals surface area contributed by atoms with Crippen LogP contribution in [0.15, 0.2) is 30.3 Å². The number of aromatic nitrogens is 3. The molecule has 3 aromatic rings. The van der Waals surface area contributed by atoms with Gasteiger partial charge >= 0.3 is 5.97 Å². The summed E-state index contributed by atoms with van der Waals surface area (Å²) in [6, 6.07) is 9.53. The molecule has 0 saturated carbocycles. The van der Waals surface area contributed by atoms with E-state index < -0.39 is 5.97 Å². The van der Waals surface area contributed by atoms with Crippen molar-refractivity contribution >= 4 is 39.6 Å². The molecular formula is C17H16IN3O2. The van der Waals surface area contributed by atoms with Gasteiger partial charge in [0.2, 0.25) is 0 Å². The van der Waals surface area contributed by atoms with E-state index in [2.05, 4.69) is 10.1 Å². The predicted octanol–water partition coefficient (Wildman–Crippen LogP) is 4.16. The molecule has 0 radical (unpaired) electrons. The summed E-state index contributed by atoms with van der Waals surface area (Å²) >= 11 is 2.04. The molecule has 0 aliphatic carbocycles. The first-order valence-electron chi connectivity index (χ1n) is 7.28. The number of carbonyl (C=O) groups is 1. The summed E-state index contributed by atoms with van der Waals surface area (Å²) in [5.41, 5.74) is 3.59. The summed E-state index contributed by atoms with van der Waals surface area (Å²) in [6.07, 6.45) is 0. The van der Waals surface area contributed by atoms with Crippen LogP contribution >= 0.6 is 22.6 Å². The summed E-state index contributed by atoms with van der Waals surface area (Å²) < 4.78 is 2.38. The van der Waals surface area contributed by atoms with Gasteiger partial charge in [-0.15, -0.1) is 0 Å². The Morgan fingerprint density at radius 2 is 2.04 bits per heavy atom. The highest BCUT2D eigenvalue weighted by Crippen LogP contribution is 2.30. The second-order valence-corrected chi connectivity index (χ2v) is 6.89. The molecule has 1 N–H and O–H groups in total. The van der Waals surface area contributed by atoms with Crippen molar-refractivity contribution < 1.29 is 9.90 Å². The lowest BCUT2D eigenvalue weighted by Gasteiger charge is -2.05. The van der Waals surface area contributed by atoms with E-state index in [4.69, 9.17) is 0 Å². The molecule has 23 heavy (non-hydrogen) atoms. The molecule has 0 fully saturated rings. The molecule has 2 aromatic heterocycles. The number of benzene rings is 1. The topological polar surface area (TPSA) is 68.0 Å². The van der Waals surface area contributed by atoms with Crippen LogP contribution in [0.1, 0.15) is 41.4 Å². The Bertz CT molecular complexity index is 916. The van der Waals surface area contributed by atoms with Gasteiger partial charge in [0.05, 0.1) is 22.3 Å². The lowest BCUT2D eigenvalue weighted by Crippen LogP contribution is -2.02. The summed E-state index contributed by atoms with van der Waals surface area (Å²) in [4.78, 5) is 16.2. The van der Waals surface area contributed by atoms with Crippen molar-refractivity contribution in [1.29, 1.82) is 0 Å². The predicted molar refractivity (Wildman–Crippen MR) is 97.4 cm³/mol. The Morgan fingerprint density at radius 1 is 1.30 bits per heavy atom. The number of carboxylic acids is 1. The van der Waals surface area contributed by atoms with E-state index >= 15 is 0 Å². The number of aromatic carboxylic acids is 1. The average molecular weight is 421 g/mol. The highest BCUT2D eigenvalue weighted by Gasteiger charge is 2.22. The second-order valence-electron chi connectivity index (χ2n) is 5.79. The number of nitrogens with zero attached hydrogens (tertiary/aromatic N) is 3. The number of hydrogen-bond donors (Lipinski definition) is 1. The normalized spacial score (nSPS) is 11.3. The maximum atomic E-state index is 11.7. The fourth-order valence-corrected chi connectivity index (χ4v) is 3.16. The largest absolute Gasteiger partial charge is 0.478 e. The highest BCUT2D eigenvalue weighted by molar-refractivity contribution is 14.1. The average Bonchev–Trinajstić information content (AvgIpc) is 2.85. The molecule has 5 nitrogen and oxygen atoms in total. The first-order chi connectivity index (χ1) is 10.9. The minimum Gasteiger partial charge on any atom is -0.478 e. The monoisotopic (exact) mass is 421 g/mol. The van der Waals surface area contributed by atoms with E-state index in [1.165, 1.54) is 0 Å². The number of hydrogen-bond acceptors (Lipinski definition) is 3. The molecule has 0 amide bonds. The first-order valence-corrected chi connectivity index (χ1v) is 8.36. The van der Waals surface area contributed by atoms with Crippen LogP contribution in [0.3, 0.4) is 0 Å². The Balaban J connectivity index is 2.43. The van der Waals surface area contributed by atoms with E-state index in [1.54, 1.807) is 10.7 Å². The van der Waals surface area contributed by atoms with E-state index in [1.807, 2.05) is 67.6 Å². The summed E-state index contributed by atoms with van der Waals surface area (Å²) in [7, 11) is 0. The van der Waals surface area contributed by atoms with Gasteiger partial charge in [-0.2, -0.15) is 5.10 Å². The number of carboxylic acid groups (broad SMARTS) is 1. The Labute approximate surface area is 147 Å². The molecule has 0 unspecified atom stereocenters. The van der Waals surface area contributed by atoms with Crippen molar-refractivity contribution in [1.82, 2.24) is 14.8 Å². The molecular weight excluding hydrogens is 405 g/mol. The van der Waals surface area contributed by atoms with Gasteiger partial charge in [-0.3, -0.25) is 0 Å². The van der Waals surface area contributed by atoms with Crippen molar-refractivity contribution in [2.24, 2.45) is 0 Å². The summed E-state index contributed by atoms with van der Waals surface area (Å²) in [6.45, 7) is 6.02. The molecule has 0 aliphatic rings. The molecule has 0 aliphatic heterocycles. The van der Waals surface area contributed by atoms with Gasteiger partial charge in [0.25, 0.3) is 0 Å². The third-order valence-corrected chi connectivity index (χ3v) is 4.21. The van der Waals surface area contributed by atoms with E-state index in [-0.39, 0.29) is 11.5 Å². The van der Waals surface area contributed by atoms with Crippen molar-refractivity contribution in [2.45, 2.75) is 26.7 Å². The zero-order valence-corrected chi connectivity index (χ0v) is 15.2. The Kier molecular flexibility index (Phi) is 4.09. The third kappa shape index (κ3) is 2.83. The minimum absolute atomic E-state index is 0.100. The van der Waals surface area contributed by atoms with Gasteiger partial charge in [-0.05, 0) is 59.2 Å². The molecule has 0 bridgehead atoms. The number of pyridine rings is 1. The van der Waals surface area contributed by atoms with Gasteiger partial charge in [-0.25, -0.2) is 14.5 Å². The summed E-state index contributed by atoms with van der Waals surface area (Å²) in [5, 5.41) is 14.9. The second kappa shape index (κ2) is 5.92. The van der Waals surface area contributed by atoms with Gasteiger partial charge in [0, 0.05) is 0 Å². The lowest BCUT2D eigenvalue weighted by atomic mass is 10.0. The highest BCUT2D eigenvalue weighted by atomic mass is 127. The number of fused-ring (bicyclic) bond motifs is 1. The molecule has 0 spiro atoms. The number of rotatable bonds is 3. The van der Waals surface area contributed by atoms with Crippen LogP contribution < -0.4 is 0 Å². The molecule has 0 atom stereocenters. The van der Waals surface area contributed by atoms with Crippen molar-refractivity contribution in [3.05, 3.63) is 50.9 Å². The van der Waals surface area contributed by atoms with Gasteiger partial charge in [0.15, 0.2) is 5.65 Å². The maximum absolute atomic E-state index is 11.7. The van der Waals surface area contributed by atoms with E-state index in [0.29, 0.717) is 14.7 Å². The van der Waals surface area contributed by atoms with Gasteiger partial charge < -0.3 is 5.11 Å². The van der Waals surface area contributed by atoms with E-state index in [0.717, 1.165) is 16.9 Å². The quantitative estimate of drug-likeness (QED) is 0.510. The Morgan fingerprint density at radius 3 is 2.65 bits per heavy atom. The fourth-order valence-electron chi connectivity index (χ4n) is 2.62. The van der Waals surface area contributed by atoms with Crippen LogP contribution in [0.4, 0.5) is 0 Å². The number of halogens is 1. The zero-order valence-electron chi connectivity index (χ0n) is 13.0. The van der Waals surface area contributed by atoms with Crippen LogP contribution in [0.2, 0.25) is 0 Å². The summed E-state index contributed by atoms with van der Waals surface area (Å²) in [5.74, 6) is -0.857. The van der Waals surface area contributed by atoms with Crippen LogP contribution in [-0.4, -0.2) is 25.8 Å². The van der Waals surface area contributed by atoms with Crippen molar-refractivity contribution in [2.75, 3.05) is 0 Å². The zero-order chi connectivity index (χ0) is 16.7. The van der Waals surface area contributed by atoms with Crippen LogP contribution in [0.5, 0.6) is 0 Å². The van der Waals surface area contributed by atoms with Crippen molar-refractivity contribution in [3.8, 4) is 5.69 Å². The molecule has 118 valence electrons. The molecule has 3 rings (SSSR count). The minimum atomic E-state index is -0.957. The fraction of sp³-hybridized carbons (Fsp3) is 0.235. The van der Waals surface area contributed by atoms with Crippen LogP contribution in [0.25, 0.3) is 16.7 Å². The standard InChI is InChI=1S/C17H16IN3O2/c1-9(2)15-14-12(17(22)23)8-13(18)19-16(14)21(20-15)11-6-4-5-10(3)7-11/h4-9H,1-3H3,(H,22,23). The number of aryl methyl sites for hydroxylation is 1. The molecule has 1 aromatic carbocycles.